The van der Waals surface area contributed by atoms with Gasteiger partial charge in [-0.05, 0) is 51.7 Å². The summed E-state index contributed by atoms with van der Waals surface area (Å²) in [6, 6.07) is 7.38. The molecule has 0 radical (unpaired) electrons. The number of hydrogen-bond donors (Lipinski definition) is 1. The molecule has 0 fully saturated rings. The summed E-state index contributed by atoms with van der Waals surface area (Å²) in [7, 11) is 0. The number of carboxylic acid groups (broad SMARTS) is 1. The van der Waals surface area contributed by atoms with Gasteiger partial charge < -0.3 is 10.0 Å². The molecule has 0 saturated carbocycles. The van der Waals surface area contributed by atoms with E-state index in [0.717, 1.165) is 35.2 Å². The Kier molecular flexibility index (Phi) is 3.44. The summed E-state index contributed by atoms with van der Waals surface area (Å²) >= 11 is 3.42. The van der Waals surface area contributed by atoms with E-state index in [1.807, 2.05) is 18.3 Å². The molecule has 20 heavy (non-hydrogen) atoms. The molecule has 102 valence electrons. The normalized spacial score (nSPS) is 13.3. The molecule has 0 saturated heterocycles. The number of pyridine rings is 1. The van der Waals surface area contributed by atoms with Gasteiger partial charge in [0.05, 0.1) is 5.56 Å². The summed E-state index contributed by atoms with van der Waals surface area (Å²) in [5.41, 5.74) is 3.67. The standard InChI is InChI=1S/C15H13BrN2O2/c16-13-5-10(7-17-8-13)9-18-4-3-11-1-2-12(15(19)20)6-14(11)18/h1-2,5-8H,3-4,9H2,(H,19,20). The van der Waals surface area contributed by atoms with Crippen LogP contribution in [0.25, 0.3) is 0 Å². The SMILES string of the molecule is O=C(O)c1ccc2c(c1)N(Cc1cncc(Br)c1)CC2. The van der Waals surface area contributed by atoms with E-state index < -0.39 is 5.97 Å². The molecular formula is C15H13BrN2O2. The van der Waals surface area contributed by atoms with Crippen molar-refractivity contribution in [1.29, 1.82) is 0 Å². The van der Waals surface area contributed by atoms with Crippen molar-refractivity contribution >= 4 is 27.6 Å². The third-order valence-corrected chi connectivity index (χ3v) is 3.89. The maximum absolute atomic E-state index is 11.1. The smallest absolute Gasteiger partial charge is 0.335 e. The molecule has 0 bridgehead atoms. The summed E-state index contributed by atoms with van der Waals surface area (Å²) < 4.78 is 0.953. The average Bonchev–Trinajstić information content (AvgIpc) is 2.81. The Morgan fingerprint density at radius 3 is 2.95 bits per heavy atom. The number of anilines is 1. The van der Waals surface area contributed by atoms with Gasteiger partial charge in [0.1, 0.15) is 0 Å². The van der Waals surface area contributed by atoms with Gasteiger partial charge in [-0.2, -0.15) is 0 Å². The molecule has 4 nitrogen and oxygen atoms in total. The minimum Gasteiger partial charge on any atom is -0.478 e. The zero-order valence-electron chi connectivity index (χ0n) is 10.7. The fraction of sp³-hybridized carbons (Fsp3) is 0.200. The first kappa shape index (κ1) is 13.1. The highest BCUT2D eigenvalue weighted by atomic mass is 79.9. The van der Waals surface area contributed by atoms with E-state index in [9.17, 15) is 4.79 Å². The first-order valence-corrected chi connectivity index (χ1v) is 7.13. The molecule has 3 rings (SSSR count). The fourth-order valence-electron chi connectivity index (χ4n) is 2.51. The zero-order valence-corrected chi connectivity index (χ0v) is 12.3. The predicted octanol–water partition coefficient (Wildman–Crippen LogP) is 3.11. The van der Waals surface area contributed by atoms with Crippen molar-refractivity contribution in [3.8, 4) is 0 Å². The molecule has 2 heterocycles. The van der Waals surface area contributed by atoms with Gasteiger partial charge in [0.15, 0.2) is 0 Å². The molecule has 1 aliphatic rings. The Morgan fingerprint density at radius 1 is 1.35 bits per heavy atom. The number of aromatic carboxylic acids is 1. The average molecular weight is 333 g/mol. The van der Waals surface area contributed by atoms with E-state index in [-0.39, 0.29) is 0 Å². The van der Waals surface area contributed by atoms with Crippen molar-refractivity contribution in [3.05, 3.63) is 57.8 Å². The zero-order chi connectivity index (χ0) is 14.1. The summed E-state index contributed by atoms with van der Waals surface area (Å²) in [6.07, 6.45) is 4.55. The minimum atomic E-state index is -0.885. The van der Waals surface area contributed by atoms with E-state index in [4.69, 9.17) is 5.11 Å². The van der Waals surface area contributed by atoms with Crippen LogP contribution >= 0.6 is 15.9 Å². The molecule has 1 aromatic carbocycles. The van der Waals surface area contributed by atoms with Crippen LogP contribution in [0.2, 0.25) is 0 Å². The van der Waals surface area contributed by atoms with Crippen LogP contribution in [0.4, 0.5) is 5.69 Å². The molecule has 0 spiro atoms. The predicted molar refractivity (Wildman–Crippen MR) is 80.1 cm³/mol. The van der Waals surface area contributed by atoms with E-state index >= 15 is 0 Å². The molecule has 1 aromatic heterocycles. The summed E-state index contributed by atoms with van der Waals surface area (Å²) in [6.45, 7) is 1.65. The van der Waals surface area contributed by atoms with Crippen molar-refractivity contribution in [2.75, 3.05) is 11.4 Å². The molecule has 0 unspecified atom stereocenters. The lowest BCUT2D eigenvalue weighted by Crippen LogP contribution is -2.20. The summed E-state index contributed by atoms with van der Waals surface area (Å²) in [5, 5.41) is 9.09. The van der Waals surface area contributed by atoms with Gasteiger partial charge in [0.2, 0.25) is 0 Å². The number of carbonyl (C=O) groups is 1. The number of rotatable bonds is 3. The van der Waals surface area contributed by atoms with Crippen LogP contribution in [0.1, 0.15) is 21.5 Å². The second-order valence-electron chi connectivity index (χ2n) is 4.83. The van der Waals surface area contributed by atoms with Crippen LogP contribution in [0.5, 0.6) is 0 Å². The van der Waals surface area contributed by atoms with Gasteiger partial charge in [-0.25, -0.2) is 4.79 Å². The highest BCUT2D eigenvalue weighted by molar-refractivity contribution is 9.10. The van der Waals surface area contributed by atoms with Gasteiger partial charge in [0.25, 0.3) is 0 Å². The van der Waals surface area contributed by atoms with Crippen molar-refractivity contribution < 1.29 is 9.90 Å². The van der Waals surface area contributed by atoms with Crippen LogP contribution < -0.4 is 4.90 Å². The van der Waals surface area contributed by atoms with Crippen LogP contribution in [0, 0.1) is 0 Å². The maximum atomic E-state index is 11.1. The van der Waals surface area contributed by atoms with Crippen LogP contribution in [0.3, 0.4) is 0 Å². The van der Waals surface area contributed by atoms with E-state index in [1.54, 1.807) is 18.3 Å². The van der Waals surface area contributed by atoms with Gasteiger partial charge in [-0.3, -0.25) is 4.98 Å². The van der Waals surface area contributed by atoms with Crippen LogP contribution in [-0.4, -0.2) is 22.6 Å². The Hall–Kier alpha value is -1.88. The molecular weight excluding hydrogens is 320 g/mol. The van der Waals surface area contributed by atoms with E-state index in [0.29, 0.717) is 5.56 Å². The fourth-order valence-corrected chi connectivity index (χ4v) is 2.92. The summed E-state index contributed by atoms with van der Waals surface area (Å²) in [4.78, 5) is 17.4. The lowest BCUT2D eigenvalue weighted by molar-refractivity contribution is 0.0697. The van der Waals surface area contributed by atoms with E-state index in [1.165, 1.54) is 5.56 Å². The molecule has 2 aromatic rings. The van der Waals surface area contributed by atoms with Crippen LogP contribution in [-0.2, 0) is 13.0 Å². The van der Waals surface area contributed by atoms with Gasteiger partial charge >= 0.3 is 5.97 Å². The Morgan fingerprint density at radius 2 is 2.20 bits per heavy atom. The second kappa shape index (κ2) is 5.25. The minimum absolute atomic E-state index is 0.336. The number of fused-ring (bicyclic) bond motifs is 1. The Bertz CT molecular complexity index is 673. The topological polar surface area (TPSA) is 53.4 Å². The maximum Gasteiger partial charge on any atom is 0.335 e. The number of halogens is 1. The first-order valence-electron chi connectivity index (χ1n) is 6.34. The van der Waals surface area contributed by atoms with Gasteiger partial charge in [0, 0.05) is 35.6 Å². The molecule has 0 atom stereocenters. The Labute approximate surface area is 125 Å². The molecule has 0 aliphatic carbocycles. The third kappa shape index (κ3) is 2.54. The van der Waals surface area contributed by atoms with Gasteiger partial charge in [-0.1, -0.05) is 6.07 Å². The Balaban J connectivity index is 1.88. The number of hydrogen-bond acceptors (Lipinski definition) is 3. The quantitative estimate of drug-likeness (QED) is 0.938. The van der Waals surface area contributed by atoms with Crippen molar-refractivity contribution in [2.45, 2.75) is 13.0 Å². The third-order valence-electron chi connectivity index (χ3n) is 3.46. The van der Waals surface area contributed by atoms with Crippen molar-refractivity contribution in [1.82, 2.24) is 4.98 Å². The molecule has 5 heteroatoms. The number of aromatic nitrogens is 1. The highest BCUT2D eigenvalue weighted by Gasteiger charge is 2.20. The molecule has 1 N–H and O–H groups in total. The van der Waals surface area contributed by atoms with Crippen molar-refractivity contribution in [3.63, 3.8) is 0 Å². The number of carboxylic acids is 1. The largest absolute Gasteiger partial charge is 0.478 e. The number of benzene rings is 1. The lowest BCUT2D eigenvalue weighted by atomic mass is 10.1. The summed E-state index contributed by atoms with van der Waals surface area (Å²) in [5.74, 6) is -0.885. The van der Waals surface area contributed by atoms with Gasteiger partial charge in [-0.15, -0.1) is 0 Å². The first-order chi connectivity index (χ1) is 9.63. The van der Waals surface area contributed by atoms with Crippen LogP contribution in [0.15, 0.2) is 41.1 Å². The van der Waals surface area contributed by atoms with Crippen molar-refractivity contribution in [2.24, 2.45) is 0 Å². The molecule has 0 amide bonds. The number of nitrogens with zero attached hydrogens (tertiary/aromatic N) is 2. The van der Waals surface area contributed by atoms with E-state index in [2.05, 4.69) is 25.8 Å². The monoisotopic (exact) mass is 332 g/mol. The highest BCUT2D eigenvalue weighted by Crippen LogP contribution is 2.30. The molecule has 1 aliphatic heterocycles. The second-order valence-corrected chi connectivity index (χ2v) is 5.75. The lowest BCUT2D eigenvalue weighted by Gasteiger charge is -2.19.